The molecule has 0 saturated carbocycles. The lowest BCUT2D eigenvalue weighted by Gasteiger charge is -2.17. The zero-order valence-corrected chi connectivity index (χ0v) is 14.3. The Balaban J connectivity index is 1.59. The van der Waals surface area contributed by atoms with Crippen LogP contribution in [0.4, 0.5) is 0 Å². The molecule has 1 aliphatic rings. The fourth-order valence-corrected chi connectivity index (χ4v) is 4.01. The average molecular weight is 320 g/mol. The fraction of sp³-hybridized carbons (Fsp3) is 0.625. The van der Waals surface area contributed by atoms with E-state index in [2.05, 4.69) is 52.7 Å². The third-order valence-corrected chi connectivity index (χ3v) is 5.13. The van der Waals surface area contributed by atoms with E-state index in [1.165, 1.54) is 16.2 Å². The molecule has 22 heavy (non-hydrogen) atoms. The van der Waals surface area contributed by atoms with Gasteiger partial charge >= 0.3 is 0 Å². The number of thiophene rings is 1. The van der Waals surface area contributed by atoms with Gasteiger partial charge in [0.15, 0.2) is 0 Å². The van der Waals surface area contributed by atoms with Crippen molar-refractivity contribution >= 4 is 11.3 Å². The molecule has 0 bridgehead atoms. The molecule has 5 nitrogen and oxygen atoms in total. The average Bonchev–Trinajstić information content (AvgIpc) is 3.18. The normalized spacial score (nSPS) is 18.7. The topological polar surface area (TPSA) is 43.2 Å². The predicted molar refractivity (Wildman–Crippen MR) is 87.8 cm³/mol. The van der Waals surface area contributed by atoms with Gasteiger partial charge in [0.25, 0.3) is 0 Å². The molecule has 120 valence electrons. The molecule has 0 amide bonds. The third-order valence-electron chi connectivity index (χ3n) is 3.97. The summed E-state index contributed by atoms with van der Waals surface area (Å²) in [5.41, 5.74) is 0. The first kappa shape index (κ1) is 15.6. The highest BCUT2D eigenvalue weighted by Gasteiger charge is 2.19. The van der Waals surface area contributed by atoms with Gasteiger partial charge in [-0.2, -0.15) is 0 Å². The molecule has 1 atom stereocenters. The van der Waals surface area contributed by atoms with Crippen LogP contribution in [0.15, 0.2) is 18.5 Å². The summed E-state index contributed by atoms with van der Waals surface area (Å²) in [6.07, 6.45) is 4.48. The van der Waals surface area contributed by atoms with Crippen LogP contribution >= 0.6 is 11.3 Å². The molecule has 0 unspecified atom stereocenters. The number of hydrogen-bond acceptors (Lipinski definition) is 5. The molecule has 1 fully saturated rings. The molecule has 0 aliphatic carbocycles. The lowest BCUT2D eigenvalue weighted by atomic mass is 10.2. The van der Waals surface area contributed by atoms with Crippen LogP contribution in [-0.4, -0.2) is 33.3 Å². The second-order valence-corrected chi connectivity index (χ2v) is 7.43. The van der Waals surface area contributed by atoms with Crippen molar-refractivity contribution in [3.63, 3.8) is 0 Å². The smallest absolute Gasteiger partial charge is 0.147 e. The molecule has 1 aliphatic heterocycles. The van der Waals surface area contributed by atoms with Crippen molar-refractivity contribution in [1.82, 2.24) is 19.7 Å². The van der Waals surface area contributed by atoms with E-state index in [1.54, 1.807) is 0 Å². The lowest BCUT2D eigenvalue weighted by Crippen LogP contribution is -2.20. The second kappa shape index (κ2) is 6.89. The summed E-state index contributed by atoms with van der Waals surface area (Å²) in [7, 11) is 2.13. The highest BCUT2D eigenvalue weighted by molar-refractivity contribution is 7.12. The maximum atomic E-state index is 5.76. The quantitative estimate of drug-likeness (QED) is 0.818. The van der Waals surface area contributed by atoms with Crippen LogP contribution in [0.25, 0.3) is 0 Å². The van der Waals surface area contributed by atoms with E-state index in [1.807, 2.05) is 17.7 Å². The summed E-state index contributed by atoms with van der Waals surface area (Å²) in [5.74, 6) is 1.02. The van der Waals surface area contributed by atoms with E-state index in [-0.39, 0.29) is 0 Å². The molecule has 3 rings (SSSR count). The zero-order valence-electron chi connectivity index (χ0n) is 13.5. The Morgan fingerprint density at radius 3 is 3.00 bits per heavy atom. The van der Waals surface area contributed by atoms with E-state index < -0.39 is 0 Å². The van der Waals surface area contributed by atoms with Gasteiger partial charge < -0.3 is 9.30 Å². The minimum Gasteiger partial charge on any atom is -0.373 e. The maximum absolute atomic E-state index is 5.76. The monoisotopic (exact) mass is 320 g/mol. The van der Waals surface area contributed by atoms with E-state index in [9.17, 15) is 0 Å². The van der Waals surface area contributed by atoms with Gasteiger partial charge in [-0.1, -0.05) is 0 Å². The van der Waals surface area contributed by atoms with Gasteiger partial charge in [-0.3, -0.25) is 4.90 Å². The Hall–Kier alpha value is -1.24. The van der Waals surface area contributed by atoms with Crippen LogP contribution in [0.1, 0.15) is 54.4 Å². The van der Waals surface area contributed by atoms with Crippen molar-refractivity contribution in [2.45, 2.75) is 51.9 Å². The number of ether oxygens (including phenoxy) is 1. The van der Waals surface area contributed by atoms with Crippen LogP contribution in [0, 0.1) is 0 Å². The summed E-state index contributed by atoms with van der Waals surface area (Å²) in [5, 5.41) is 8.27. The number of aromatic nitrogens is 3. The molecule has 6 heteroatoms. The van der Waals surface area contributed by atoms with Gasteiger partial charge in [-0.25, -0.2) is 0 Å². The van der Waals surface area contributed by atoms with Crippen molar-refractivity contribution in [3.8, 4) is 0 Å². The van der Waals surface area contributed by atoms with E-state index in [0.29, 0.717) is 12.1 Å². The van der Waals surface area contributed by atoms with Crippen molar-refractivity contribution in [2.24, 2.45) is 0 Å². The standard InChI is InChI=1S/C16H24N4OS/c1-12(2)20-11-17-18-16(20)10-19(3)9-13-6-7-15(22-13)14-5-4-8-21-14/h6-7,11-12,14H,4-5,8-10H2,1-3H3/t14-/m0/s1. The Labute approximate surface area is 135 Å². The largest absolute Gasteiger partial charge is 0.373 e. The van der Waals surface area contributed by atoms with Crippen molar-refractivity contribution in [1.29, 1.82) is 0 Å². The lowest BCUT2D eigenvalue weighted by molar-refractivity contribution is 0.114. The van der Waals surface area contributed by atoms with Crippen LogP contribution in [0.5, 0.6) is 0 Å². The minimum atomic E-state index is 0.327. The molecule has 3 heterocycles. The molecule has 0 aromatic carbocycles. The second-order valence-electron chi connectivity index (χ2n) is 6.23. The molecule has 2 aromatic rings. The van der Waals surface area contributed by atoms with Gasteiger partial charge in [0.05, 0.1) is 12.6 Å². The van der Waals surface area contributed by atoms with Gasteiger partial charge in [0, 0.05) is 28.9 Å². The zero-order chi connectivity index (χ0) is 15.5. The summed E-state index contributed by atoms with van der Waals surface area (Å²) in [4.78, 5) is 5.03. The highest BCUT2D eigenvalue weighted by atomic mass is 32.1. The number of nitrogens with zero attached hydrogens (tertiary/aromatic N) is 4. The van der Waals surface area contributed by atoms with Gasteiger partial charge in [0.2, 0.25) is 0 Å². The van der Waals surface area contributed by atoms with Crippen LogP contribution in [0.2, 0.25) is 0 Å². The minimum absolute atomic E-state index is 0.327. The highest BCUT2D eigenvalue weighted by Crippen LogP contribution is 2.33. The molecule has 0 spiro atoms. The van der Waals surface area contributed by atoms with Crippen molar-refractivity contribution < 1.29 is 4.74 Å². The summed E-state index contributed by atoms with van der Waals surface area (Å²) < 4.78 is 7.89. The molecule has 0 N–H and O–H groups in total. The Morgan fingerprint density at radius 2 is 2.27 bits per heavy atom. The van der Waals surface area contributed by atoms with Crippen LogP contribution < -0.4 is 0 Å². The molecule has 1 saturated heterocycles. The van der Waals surface area contributed by atoms with Gasteiger partial charge in [-0.05, 0) is 45.9 Å². The van der Waals surface area contributed by atoms with E-state index >= 15 is 0 Å². The summed E-state index contributed by atoms with van der Waals surface area (Å²) >= 11 is 1.87. The number of hydrogen-bond donors (Lipinski definition) is 0. The van der Waals surface area contributed by atoms with E-state index in [4.69, 9.17) is 4.74 Å². The van der Waals surface area contributed by atoms with Crippen LogP contribution in [0.3, 0.4) is 0 Å². The molecule has 0 radical (unpaired) electrons. The Morgan fingerprint density at radius 1 is 1.41 bits per heavy atom. The van der Waals surface area contributed by atoms with Gasteiger partial charge in [0.1, 0.15) is 12.2 Å². The summed E-state index contributed by atoms with van der Waals surface area (Å²) in [6, 6.07) is 4.84. The first-order valence-corrected chi connectivity index (χ1v) is 8.72. The van der Waals surface area contributed by atoms with Crippen molar-refractivity contribution in [2.75, 3.05) is 13.7 Å². The Bertz CT molecular complexity index is 601. The first-order chi connectivity index (χ1) is 10.6. The molecular weight excluding hydrogens is 296 g/mol. The van der Waals surface area contributed by atoms with Gasteiger partial charge in [-0.15, -0.1) is 21.5 Å². The predicted octanol–water partition coefficient (Wildman–Crippen LogP) is 3.40. The fourth-order valence-electron chi connectivity index (χ4n) is 2.83. The number of rotatable bonds is 6. The first-order valence-electron chi connectivity index (χ1n) is 7.90. The molecular formula is C16H24N4OS. The molecule has 2 aromatic heterocycles. The Kier molecular flexibility index (Phi) is 4.90. The maximum Gasteiger partial charge on any atom is 0.147 e. The van der Waals surface area contributed by atoms with E-state index in [0.717, 1.165) is 31.9 Å². The third kappa shape index (κ3) is 3.56. The summed E-state index contributed by atoms with van der Waals surface area (Å²) in [6.45, 7) is 6.95. The SMILES string of the molecule is CC(C)n1cnnc1CN(C)Cc1ccc([C@@H]2CCCO2)s1. The van der Waals surface area contributed by atoms with Crippen LogP contribution in [-0.2, 0) is 17.8 Å². The van der Waals surface area contributed by atoms with Crippen molar-refractivity contribution in [3.05, 3.63) is 34.0 Å².